The third-order valence-corrected chi connectivity index (χ3v) is 3.72. The van der Waals surface area contributed by atoms with Crippen LogP contribution in [0, 0.1) is 11.6 Å². The van der Waals surface area contributed by atoms with Crippen molar-refractivity contribution in [2.75, 3.05) is 35.2 Å². The van der Waals surface area contributed by atoms with E-state index < -0.39 is 22.4 Å². The maximum Gasteiger partial charge on any atom is 0.168 e. The monoisotopic (exact) mass is 291 g/mol. The summed E-state index contributed by atoms with van der Waals surface area (Å²) < 4.78 is 38.1. The lowest BCUT2D eigenvalue weighted by atomic mass is 10.3. The number of nitrogens with zero attached hydrogens (tertiary/aromatic N) is 1. The zero-order valence-corrected chi connectivity index (χ0v) is 11.9. The highest BCUT2D eigenvalue weighted by molar-refractivity contribution is 7.84. The largest absolute Gasteiger partial charge is 0.368 e. The van der Waals surface area contributed by atoms with Crippen LogP contribution in [0.25, 0.3) is 0 Å². The Morgan fingerprint density at radius 3 is 2.26 bits per heavy atom. The van der Waals surface area contributed by atoms with Crippen molar-refractivity contribution >= 4 is 22.4 Å². The minimum Gasteiger partial charge on any atom is -0.368 e. The van der Waals surface area contributed by atoms with Crippen molar-refractivity contribution < 1.29 is 13.0 Å². The molecule has 1 rings (SSSR count). The standard InChI is InChI=1S/C12H19F2N3OS/c1-3-5-15-11-9(13)8-10(14)12(17-11)16-6-7-19(18)4-2/h8H,3-7H2,1-2H3,(H2,15,16,17). The predicted octanol–water partition coefficient (Wildman–Crippen LogP) is 2.36. The van der Waals surface area contributed by atoms with Crippen LogP contribution in [0.15, 0.2) is 6.07 Å². The summed E-state index contributed by atoms with van der Waals surface area (Å²) in [5.41, 5.74) is 0. The van der Waals surface area contributed by atoms with E-state index in [9.17, 15) is 13.0 Å². The van der Waals surface area contributed by atoms with Crippen LogP contribution < -0.4 is 10.6 Å². The average molecular weight is 291 g/mol. The summed E-state index contributed by atoms with van der Waals surface area (Å²) in [6.45, 7) is 4.66. The Hall–Kier alpha value is -1.24. The summed E-state index contributed by atoms with van der Waals surface area (Å²) in [5.74, 6) is -0.484. The van der Waals surface area contributed by atoms with Crippen LogP contribution in [-0.4, -0.2) is 33.8 Å². The second-order valence-corrected chi connectivity index (χ2v) is 5.80. The predicted molar refractivity (Wildman–Crippen MR) is 75.0 cm³/mol. The SMILES string of the molecule is CCCNc1nc(NCCS(=O)CC)c(F)cc1F. The molecule has 0 saturated heterocycles. The van der Waals surface area contributed by atoms with E-state index in [0.717, 1.165) is 12.5 Å². The number of nitrogens with one attached hydrogen (secondary N) is 2. The van der Waals surface area contributed by atoms with Gasteiger partial charge in [0.25, 0.3) is 0 Å². The summed E-state index contributed by atoms with van der Waals surface area (Å²) in [5, 5.41) is 5.52. The average Bonchev–Trinajstić information content (AvgIpc) is 2.39. The molecule has 7 heteroatoms. The molecule has 0 radical (unpaired) electrons. The molecule has 1 heterocycles. The molecule has 0 bridgehead atoms. The molecule has 0 saturated carbocycles. The number of anilines is 2. The van der Waals surface area contributed by atoms with Crippen LogP contribution in [-0.2, 0) is 10.8 Å². The molecule has 0 aliphatic heterocycles. The minimum absolute atomic E-state index is 0.0203. The molecule has 0 aliphatic carbocycles. The fraction of sp³-hybridized carbons (Fsp3) is 0.583. The van der Waals surface area contributed by atoms with Crippen LogP contribution >= 0.6 is 0 Å². The second-order valence-electron chi connectivity index (χ2n) is 3.94. The van der Waals surface area contributed by atoms with E-state index in [1.807, 2.05) is 13.8 Å². The molecule has 0 fully saturated rings. The number of hydrogen-bond acceptors (Lipinski definition) is 4. The van der Waals surface area contributed by atoms with Crippen molar-refractivity contribution in [1.82, 2.24) is 4.98 Å². The van der Waals surface area contributed by atoms with Gasteiger partial charge in [-0.3, -0.25) is 4.21 Å². The van der Waals surface area contributed by atoms with Crippen LogP contribution in [0.2, 0.25) is 0 Å². The highest BCUT2D eigenvalue weighted by Crippen LogP contribution is 2.18. The van der Waals surface area contributed by atoms with Gasteiger partial charge in [0, 0.05) is 41.5 Å². The number of hydrogen-bond donors (Lipinski definition) is 2. The van der Waals surface area contributed by atoms with Crippen LogP contribution in [0.3, 0.4) is 0 Å². The topological polar surface area (TPSA) is 54.0 Å². The quantitative estimate of drug-likeness (QED) is 0.772. The third-order valence-electron chi connectivity index (χ3n) is 2.42. The van der Waals surface area contributed by atoms with E-state index in [4.69, 9.17) is 0 Å². The fourth-order valence-corrected chi connectivity index (χ4v) is 2.00. The molecular formula is C12H19F2N3OS. The first-order chi connectivity index (χ1) is 9.08. The van der Waals surface area contributed by atoms with Gasteiger partial charge in [-0.15, -0.1) is 0 Å². The Morgan fingerprint density at radius 1 is 1.16 bits per heavy atom. The summed E-state index contributed by atoms with van der Waals surface area (Å²) >= 11 is 0. The van der Waals surface area contributed by atoms with Gasteiger partial charge in [-0.25, -0.2) is 13.8 Å². The number of halogens is 2. The molecule has 4 nitrogen and oxygen atoms in total. The van der Waals surface area contributed by atoms with E-state index in [1.165, 1.54) is 0 Å². The summed E-state index contributed by atoms with van der Waals surface area (Å²) in [6.07, 6.45) is 0.816. The van der Waals surface area contributed by atoms with Crippen molar-refractivity contribution in [3.8, 4) is 0 Å². The van der Waals surface area contributed by atoms with Crippen LogP contribution in [0.4, 0.5) is 20.4 Å². The van der Waals surface area contributed by atoms with Gasteiger partial charge in [-0.05, 0) is 6.42 Å². The molecule has 1 atom stereocenters. The first-order valence-corrected chi connectivity index (χ1v) is 7.76. The fourth-order valence-electron chi connectivity index (χ4n) is 1.39. The van der Waals surface area contributed by atoms with Crippen molar-refractivity contribution in [1.29, 1.82) is 0 Å². The van der Waals surface area contributed by atoms with Gasteiger partial charge in [0.05, 0.1) is 0 Å². The van der Waals surface area contributed by atoms with Crippen molar-refractivity contribution in [3.05, 3.63) is 17.7 Å². The first-order valence-electron chi connectivity index (χ1n) is 6.27. The molecule has 1 aromatic heterocycles. The van der Waals surface area contributed by atoms with Gasteiger partial charge < -0.3 is 10.6 Å². The molecule has 19 heavy (non-hydrogen) atoms. The normalized spacial score (nSPS) is 12.2. The molecule has 108 valence electrons. The molecule has 0 amide bonds. The molecule has 1 aromatic rings. The van der Waals surface area contributed by atoms with Crippen molar-refractivity contribution in [3.63, 3.8) is 0 Å². The van der Waals surface area contributed by atoms with Crippen LogP contribution in [0.1, 0.15) is 20.3 Å². The molecule has 0 aliphatic rings. The van der Waals surface area contributed by atoms with Gasteiger partial charge in [0.2, 0.25) is 0 Å². The molecule has 0 aromatic carbocycles. The van der Waals surface area contributed by atoms with E-state index >= 15 is 0 Å². The summed E-state index contributed by atoms with van der Waals surface area (Å²) in [4.78, 5) is 3.86. The lowest BCUT2D eigenvalue weighted by Crippen LogP contribution is -2.15. The maximum absolute atomic E-state index is 13.5. The Balaban J connectivity index is 2.68. The summed E-state index contributed by atoms with van der Waals surface area (Å²) in [7, 11) is -0.924. The Labute approximate surface area is 114 Å². The number of aromatic nitrogens is 1. The van der Waals surface area contributed by atoms with E-state index in [1.54, 1.807) is 0 Å². The number of pyridine rings is 1. The smallest absolute Gasteiger partial charge is 0.168 e. The van der Waals surface area contributed by atoms with E-state index in [-0.39, 0.29) is 11.6 Å². The number of rotatable bonds is 8. The lowest BCUT2D eigenvalue weighted by molar-refractivity contribution is 0.578. The zero-order chi connectivity index (χ0) is 14.3. The lowest BCUT2D eigenvalue weighted by Gasteiger charge is -2.10. The molecule has 0 spiro atoms. The van der Waals surface area contributed by atoms with Gasteiger partial charge in [0.1, 0.15) is 0 Å². The molecular weight excluding hydrogens is 272 g/mol. The van der Waals surface area contributed by atoms with Crippen molar-refractivity contribution in [2.45, 2.75) is 20.3 Å². The van der Waals surface area contributed by atoms with Gasteiger partial charge in [0.15, 0.2) is 23.3 Å². The third kappa shape index (κ3) is 5.10. The summed E-state index contributed by atoms with van der Waals surface area (Å²) in [6, 6.07) is 0.796. The maximum atomic E-state index is 13.5. The zero-order valence-electron chi connectivity index (χ0n) is 11.1. The second kappa shape index (κ2) is 8.04. The van der Waals surface area contributed by atoms with E-state index in [0.29, 0.717) is 24.6 Å². The van der Waals surface area contributed by atoms with Crippen molar-refractivity contribution in [2.24, 2.45) is 0 Å². The van der Waals surface area contributed by atoms with Gasteiger partial charge >= 0.3 is 0 Å². The Kier molecular flexibility index (Phi) is 6.69. The Bertz CT molecular complexity index is 443. The van der Waals surface area contributed by atoms with Crippen LogP contribution in [0.5, 0.6) is 0 Å². The van der Waals surface area contributed by atoms with Gasteiger partial charge in [-0.1, -0.05) is 13.8 Å². The molecule has 2 N–H and O–H groups in total. The molecule has 1 unspecified atom stereocenters. The highest BCUT2D eigenvalue weighted by atomic mass is 32.2. The highest BCUT2D eigenvalue weighted by Gasteiger charge is 2.11. The minimum atomic E-state index is -0.924. The Morgan fingerprint density at radius 2 is 1.74 bits per heavy atom. The first kappa shape index (κ1) is 15.8. The van der Waals surface area contributed by atoms with E-state index in [2.05, 4.69) is 15.6 Å². The van der Waals surface area contributed by atoms with Gasteiger partial charge in [-0.2, -0.15) is 0 Å².